The highest BCUT2D eigenvalue weighted by Gasteiger charge is 2.51. The Morgan fingerprint density at radius 2 is 2.17 bits per heavy atom. The van der Waals surface area contributed by atoms with Crippen LogP contribution in [-0.4, -0.2) is 19.4 Å². The summed E-state index contributed by atoms with van der Waals surface area (Å²) in [5.74, 6) is -0.626. The van der Waals surface area contributed by atoms with E-state index in [-0.39, 0.29) is 23.2 Å². The van der Waals surface area contributed by atoms with Crippen molar-refractivity contribution in [3.8, 4) is 0 Å². The normalized spacial score (nSPS) is 31.9. The molecule has 2 atom stereocenters. The molecule has 0 unspecified atom stereocenters. The van der Waals surface area contributed by atoms with E-state index in [1.54, 1.807) is 0 Å². The molecule has 0 radical (unpaired) electrons. The molecule has 0 aliphatic heterocycles. The summed E-state index contributed by atoms with van der Waals surface area (Å²) in [7, 11) is 1.36. The highest BCUT2D eigenvalue weighted by Crippen LogP contribution is 2.49. The SMILES string of the molecule is COC(=O)[C@H]1CC(C)(C)[C@H]1C=O. The van der Waals surface area contributed by atoms with Gasteiger partial charge < -0.3 is 9.53 Å². The fourth-order valence-corrected chi connectivity index (χ4v) is 1.87. The lowest BCUT2D eigenvalue weighted by Gasteiger charge is -2.46. The Balaban J connectivity index is 2.64. The van der Waals surface area contributed by atoms with Crippen molar-refractivity contribution in [2.24, 2.45) is 17.3 Å². The maximum Gasteiger partial charge on any atom is 0.309 e. The van der Waals surface area contributed by atoms with Gasteiger partial charge >= 0.3 is 5.97 Å². The van der Waals surface area contributed by atoms with E-state index in [9.17, 15) is 9.59 Å². The smallest absolute Gasteiger partial charge is 0.309 e. The van der Waals surface area contributed by atoms with E-state index in [2.05, 4.69) is 4.74 Å². The molecule has 0 bridgehead atoms. The van der Waals surface area contributed by atoms with Gasteiger partial charge in [-0.2, -0.15) is 0 Å². The van der Waals surface area contributed by atoms with Gasteiger partial charge in [0.15, 0.2) is 0 Å². The summed E-state index contributed by atoms with van der Waals surface area (Å²) < 4.78 is 4.58. The number of methoxy groups -OCH3 is 1. The van der Waals surface area contributed by atoms with Crippen molar-refractivity contribution in [1.29, 1.82) is 0 Å². The van der Waals surface area contributed by atoms with E-state index in [0.29, 0.717) is 0 Å². The zero-order valence-electron chi connectivity index (χ0n) is 7.66. The number of carbonyl (C=O) groups excluding carboxylic acids is 2. The molecule has 1 aliphatic carbocycles. The summed E-state index contributed by atoms with van der Waals surface area (Å²) in [6.45, 7) is 3.98. The average Bonchev–Trinajstić information content (AvgIpc) is 2.00. The van der Waals surface area contributed by atoms with Gasteiger partial charge in [-0.3, -0.25) is 4.79 Å². The summed E-state index contributed by atoms with van der Waals surface area (Å²) in [6.07, 6.45) is 1.62. The molecule has 1 saturated carbocycles. The molecule has 1 rings (SSSR count). The molecule has 1 aliphatic rings. The highest BCUT2D eigenvalue weighted by molar-refractivity contribution is 5.79. The van der Waals surface area contributed by atoms with Crippen LogP contribution in [0.15, 0.2) is 0 Å². The topological polar surface area (TPSA) is 43.4 Å². The average molecular weight is 170 g/mol. The molecule has 0 N–H and O–H groups in total. The molecule has 0 aromatic carbocycles. The van der Waals surface area contributed by atoms with Crippen molar-refractivity contribution >= 4 is 12.3 Å². The first-order valence-corrected chi connectivity index (χ1v) is 4.06. The number of esters is 1. The van der Waals surface area contributed by atoms with Crippen molar-refractivity contribution in [3.05, 3.63) is 0 Å². The van der Waals surface area contributed by atoms with E-state index < -0.39 is 0 Å². The zero-order valence-corrected chi connectivity index (χ0v) is 7.66. The van der Waals surface area contributed by atoms with Crippen molar-refractivity contribution in [1.82, 2.24) is 0 Å². The van der Waals surface area contributed by atoms with Gasteiger partial charge in [-0.05, 0) is 11.8 Å². The second kappa shape index (κ2) is 2.88. The molecule has 3 nitrogen and oxygen atoms in total. The Kier molecular flexibility index (Phi) is 2.22. The third-order valence-electron chi connectivity index (χ3n) is 2.73. The number of hydrogen-bond acceptors (Lipinski definition) is 3. The van der Waals surface area contributed by atoms with E-state index in [4.69, 9.17) is 0 Å². The van der Waals surface area contributed by atoms with Crippen molar-refractivity contribution < 1.29 is 14.3 Å². The summed E-state index contributed by atoms with van der Waals surface area (Å²) in [5, 5.41) is 0. The van der Waals surface area contributed by atoms with Gasteiger partial charge in [0.1, 0.15) is 6.29 Å². The first-order chi connectivity index (χ1) is 5.53. The number of aldehydes is 1. The summed E-state index contributed by atoms with van der Waals surface area (Å²) in [6, 6.07) is 0. The fourth-order valence-electron chi connectivity index (χ4n) is 1.87. The number of rotatable bonds is 2. The van der Waals surface area contributed by atoms with Crippen LogP contribution in [0.4, 0.5) is 0 Å². The van der Waals surface area contributed by atoms with Crippen molar-refractivity contribution in [3.63, 3.8) is 0 Å². The zero-order chi connectivity index (χ0) is 9.35. The third-order valence-corrected chi connectivity index (χ3v) is 2.73. The molecule has 68 valence electrons. The van der Waals surface area contributed by atoms with E-state index in [1.807, 2.05) is 13.8 Å². The first-order valence-electron chi connectivity index (χ1n) is 4.06. The van der Waals surface area contributed by atoms with Gasteiger partial charge in [0.25, 0.3) is 0 Å². The van der Waals surface area contributed by atoms with Crippen LogP contribution < -0.4 is 0 Å². The van der Waals surface area contributed by atoms with Gasteiger partial charge in [0.2, 0.25) is 0 Å². The molecule has 1 fully saturated rings. The maximum atomic E-state index is 11.1. The Bertz CT molecular complexity index is 208. The van der Waals surface area contributed by atoms with Crippen LogP contribution in [0.5, 0.6) is 0 Å². The van der Waals surface area contributed by atoms with Gasteiger partial charge in [-0.25, -0.2) is 0 Å². The number of ether oxygens (including phenoxy) is 1. The van der Waals surface area contributed by atoms with Crippen LogP contribution in [0.3, 0.4) is 0 Å². The van der Waals surface area contributed by atoms with Crippen LogP contribution in [0.1, 0.15) is 20.3 Å². The molecule has 0 saturated heterocycles. The van der Waals surface area contributed by atoms with Gasteiger partial charge in [-0.15, -0.1) is 0 Å². The highest BCUT2D eigenvalue weighted by atomic mass is 16.5. The minimum absolute atomic E-state index is 0.0272. The molecular formula is C9H14O3. The van der Waals surface area contributed by atoms with Crippen LogP contribution in [-0.2, 0) is 14.3 Å². The lowest BCUT2D eigenvalue weighted by molar-refractivity contribution is -0.162. The van der Waals surface area contributed by atoms with Crippen molar-refractivity contribution in [2.75, 3.05) is 7.11 Å². The van der Waals surface area contributed by atoms with E-state index in [1.165, 1.54) is 7.11 Å². The Morgan fingerprint density at radius 3 is 2.50 bits per heavy atom. The number of hydrogen-bond donors (Lipinski definition) is 0. The second-order valence-electron chi connectivity index (χ2n) is 3.98. The Labute approximate surface area is 72.1 Å². The summed E-state index contributed by atoms with van der Waals surface area (Å²) >= 11 is 0. The molecule has 0 aromatic rings. The fraction of sp³-hybridized carbons (Fsp3) is 0.778. The Morgan fingerprint density at radius 1 is 1.58 bits per heavy atom. The molecule has 3 heteroatoms. The molecule has 12 heavy (non-hydrogen) atoms. The number of carbonyl (C=O) groups is 2. The first kappa shape index (κ1) is 9.23. The Hall–Kier alpha value is -0.860. The molecule has 0 amide bonds. The van der Waals surface area contributed by atoms with Gasteiger partial charge in [-0.1, -0.05) is 13.8 Å². The van der Waals surface area contributed by atoms with E-state index >= 15 is 0 Å². The predicted molar refractivity (Wildman–Crippen MR) is 43.5 cm³/mol. The van der Waals surface area contributed by atoms with Gasteiger partial charge in [0.05, 0.1) is 13.0 Å². The van der Waals surface area contributed by atoms with Crippen LogP contribution in [0, 0.1) is 17.3 Å². The lowest BCUT2D eigenvalue weighted by atomic mass is 9.56. The molecule has 0 spiro atoms. The quantitative estimate of drug-likeness (QED) is 0.459. The monoisotopic (exact) mass is 170 g/mol. The largest absolute Gasteiger partial charge is 0.469 e. The standard InChI is InChI=1S/C9H14O3/c1-9(2)4-6(7(9)5-10)8(11)12-3/h5-7H,4H2,1-3H3/t6-,7-/m0/s1. The lowest BCUT2D eigenvalue weighted by Crippen LogP contribution is -2.48. The molecule has 0 aromatic heterocycles. The minimum Gasteiger partial charge on any atom is -0.469 e. The summed E-state index contributed by atoms with van der Waals surface area (Å²) in [5.41, 5.74) is -0.0272. The van der Waals surface area contributed by atoms with E-state index in [0.717, 1.165) is 12.7 Å². The van der Waals surface area contributed by atoms with Crippen LogP contribution >= 0.6 is 0 Å². The molecular weight excluding hydrogens is 156 g/mol. The predicted octanol–water partition coefficient (Wildman–Crippen LogP) is 1.02. The third kappa shape index (κ3) is 1.24. The maximum absolute atomic E-state index is 11.1. The van der Waals surface area contributed by atoms with Crippen LogP contribution in [0.25, 0.3) is 0 Å². The van der Waals surface area contributed by atoms with Crippen LogP contribution in [0.2, 0.25) is 0 Å². The summed E-state index contributed by atoms with van der Waals surface area (Å²) in [4.78, 5) is 21.7. The second-order valence-corrected chi connectivity index (χ2v) is 3.98. The molecule has 0 heterocycles. The van der Waals surface area contributed by atoms with Gasteiger partial charge in [0, 0.05) is 5.92 Å². The minimum atomic E-state index is -0.258. The van der Waals surface area contributed by atoms with Crippen molar-refractivity contribution in [2.45, 2.75) is 20.3 Å².